The van der Waals surface area contributed by atoms with Gasteiger partial charge in [-0.3, -0.25) is 0 Å². The molecular weight excluding hydrogens is 417 g/mol. The van der Waals surface area contributed by atoms with E-state index in [1.165, 1.54) is 11.1 Å². The fraction of sp³-hybridized carbons (Fsp3) is 0.368. The molecule has 1 fully saturated rings. The fourth-order valence-corrected chi connectivity index (χ4v) is 3.45. The largest absolute Gasteiger partial charge is 0.469 e. The molecule has 4 heterocycles. The summed E-state index contributed by atoms with van der Waals surface area (Å²) in [4.78, 5) is 20.7. The number of likely N-dealkylation sites (tertiary alicyclic amines) is 1. The van der Waals surface area contributed by atoms with Crippen molar-refractivity contribution in [1.82, 2.24) is 24.5 Å². The first-order valence-corrected chi connectivity index (χ1v) is 9.58. The molecule has 0 bridgehead atoms. The minimum Gasteiger partial charge on any atom is -0.469 e. The smallest absolute Gasteiger partial charge is 0.407 e. The van der Waals surface area contributed by atoms with Crippen LogP contribution in [0, 0.1) is 5.82 Å². The van der Waals surface area contributed by atoms with Gasteiger partial charge in [-0.25, -0.2) is 23.1 Å². The Morgan fingerprint density at radius 2 is 2.19 bits per heavy atom. The molecule has 1 saturated heterocycles. The van der Waals surface area contributed by atoms with Crippen molar-refractivity contribution in [2.24, 2.45) is 0 Å². The Morgan fingerprint density at radius 3 is 2.97 bits per heavy atom. The number of carboxylic acid groups (broad SMARTS) is 1. The summed E-state index contributed by atoms with van der Waals surface area (Å²) in [7, 11) is 0. The van der Waals surface area contributed by atoms with E-state index >= 15 is 0 Å². The molecule has 4 rings (SSSR count). The van der Waals surface area contributed by atoms with Crippen LogP contribution in [0.2, 0.25) is 0 Å². The van der Waals surface area contributed by atoms with Crippen molar-refractivity contribution in [1.29, 1.82) is 0 Å². The van der Waals surface area contributed by atoms with Gasteiger partial charge in [-0.2, -0.15) is 14.5 Å². The first kappa shape index (κ1) is 20.7. The summed E-state index contributed by atoms with van der Waals surface area (Å²) in [5, 5.41) is 16.3. The summed E-state index contributed by atoms with van der Waals surface area (Å²) in [5.41, 5.74) is 1.09. The van der Waals surface area contributed by atoms with Crippen LogP contribution in [-0.2, 0) is 0 Å². The minimum atomic E-state index is -2.81. The number of piperidine rings is 1. The van der Waals surface area contributed by atoms with Crippen molar-refractivity contribution in [3.8, 4) is 17.3 Å². The summed E-state index contributed by atoms with van der Waals surface area (Å²) in [6, 6.07) is 4.90. The van der Waals surface area contributed by atoms with E-state index in [0.29, 0.717) is 30.5 Å². The molecule has 3 aromatic rings. The van der Waals surface area contributed by atoms with Gasteiger partial charge in [0.05, 0.1) is 17.3 Å². The summed E-state index contributed by atoms with van der Waals surface area (Å²) in [6.07, 6.45) is 0.490. The molecule has 0 spiro atoms. The number of rotatable bonds is 6. The molecule has 0 unspecified atom stereocenters. The molecule has 9 nitrogen and oxygen atoms in total. The van der Waals surface area contributed by atoms with Crippen LogP contribution in [0.25, 0.3) is 16.9 Å². The summed E-state index contributed by atoms with van der Waals surface area (Å²) < 4.78 is 46.7. The number of aromatic nitrogens is 4. The van der Waals surface area contributed by atoms with Crippen LogP contribution in [-0.4, -0.2) is 67.8 Å². The summed E-state index contributed by atoms with van der Waals surface area (Å²) >= 11 is 0. The highest BCUT2D eigenvalue weighted by atomic mass is 19.3. The van der Waals surface area contributed by atoms with Gasteiger partial charge in [0.2, 0.25) is 5.82 Å². The third-order valence-electron chi connectivity index (χ3n) is 4.87. The second-order valence-electron chi connectivity index (χ2n) is 7.02. The predicted octanol–water partition coefficient (Wildman–Crippen LogP) is 3.13. The average Bonchev–Trinajstić information content (AvgIpc) is 3.18. The number of nitrogens with zero attached hydrogens (tertiary/aromatic N) is 5. The number of fused-ring (bicyclic) bond motifs is 1. The molecule has 0 aromatic carbocycles. The van der Waals surface area contributed by atoms with Crippen LogP contribution >= 0.6 is 0 Å². The van der Waals surface area contributed by atoms with Crippen LogP contribution in [0.15, 0.2) is 30.6 Å². The third-order valence-corrected chi connectivity index (χ3v) is 4.87. The molecule has 1 amide bonds. The second-order valence-corrected chi connectivity index (χ2v) is 7.02. The number of nitrogens with one attached hydrogen (secondary N) is 1. The lowest BCUT2D eigenvalue weighted by Crippen LogP contribution is -2.44. The van der Waals surface area contributed by atoms with Crippen LogP contribution in [0.5, 0.6) is 5.88 Å². The van der Waals surface area contributed by atoms with Crippen molar-refractivity contribution in [3.05, 3.63) is 36.4 Å². The van der Waals surface area contributed by atoms with Crippen molar-refractivity contribution in [2.45, 2.75) is 25.3 Å². The van der Waals surface area contributed by atoms with Crippen LogP contribution in [0.1, 0.15) is 12.8 Å². The monoisotopic (exact) mass is 436 g/mol. The first-order valence-electron chi connectivity index (χ1n) is 9.58. The van der Waals surface area contributed by atoms with Crippen molar-refractivity contribution >= 4 is 17.4 Å². The topological polar surface area (TPSA) is 105 Å². The maximum Gasteiger partial charge on any atom is 0.407 e. The maximum absolute atomic E-state index is 15.0. The van der Waals surface area contributed by atoms with E-state index in [1.54, 1.807) is 28.9 Å². The second kappa shape index (κ2) is 8.66. The van der Waals surface area contributed by atoms with Gasteiger partial charge in [-0.05, 0) is 25.0 Å². The van der Waals surface area contributed by atoms with E-state index in [4.69, 9.17) is 4.74 Å². The lowest BCUT2D eigenvalue weighted by molar-refractivity contribution is 0.0774. The molecule has 1 atom stereocenters. The molecule has 0 aliphatic carbocycles. The number of alkyl halides is 2. The zero-order valence-electron chi connectivity index (χ0n) is 16.2. The molecule has 0 saturated carbocycles. The highest BCUT2D eigenvalue weighted by Gasteiger charge is 2.26. The van der Waals surface area contributed by atoms with Gasteiger partial charge in [0, 0.05) is 25.3 Å². The zero-order chi connectivity index (χ0) is 22.0. The normalized spacial score (nSPS) is 16.6. The van der Waals surface area contributed by atoms with Crippen LogP contribution in [0.3, 0.4) is 0 Å². The van der Waals surface area contributed by atoms with Crippen molar-refractivity contribution in [2.75, 3.05) is 25.0 Å². The average molecular weight is 436 g/mol. The molecule has 1 aliphatic rings. The molecule has 3 aromatic heterocycles. The van der Waals surface area contributed by atoms with Crippen molar-refractivity contribution in [3.63, 3.8) is 0 Å². The molecule has 0 radical (unpaired) electrons. The summed E-state index contributed by atoms with van der Waals surface area (Å²) in [6.45, 7) is -0.508. The molecule has 2 N–H and O–H groups in total. The Morgan fingerprint density at radius 1 is 1.35 bits per heavy atom. The molecule has 12 heteroatoms. The van der Waals surface area contributed by atoms with E-state index < -0.39 is 36.9 Å². The highest BCUT2D eigenvalue weighted by molar-refractivity contribution is 5.76. The quantitative estimate of drug-likeness (QED) is 0.612. The Balaban J connectivity index is 1.70. The number of anilines is 1. The number of carbonyl (C=O) groups is 1. The van der Waals surface area contributed by atoms with E-state index in [-0.39, 0.29) is 18.2 Å². The molecule has 1 aliphatic heterocycles. The molecular formula is C19H19F3N6O3. The Bertz CT molecular complexity index is 1090. The first-order chi connectivity index (χ1) is 14.9. The van der Waals surface area contributed by atoms with E-state index in [9.17, 15) is 23.1 Å². The van der Waals surface area contributed by atoms with E-state index in [2.05, 4.69) is 20.4 Å². The SMILES string of the molecule is O=C(O)N1CCC[C@@H](Nc2nc(-c3cnn4ccccc34)nc(OCC(F)F)c2F)C1. The Hall–Kier alpha value is -3.57. The number of amides is 1. The Kier molecular flexibility index (Phi) is 5.78. The minimum absolute atomic E-state index is 0.0419. The maximum atomic E-state index is 15.0. The van der Waals surface area contributed by atoms with Gasteiger partial charge < -0.3 is 20.1 Å². The van der Waals surface area contributed by atoms with E-state index in [1.807, 2.05) is 0 Å². The number of ether oxygens (including phenoxy) is 1. The zero-order valence-corrected chi connectivity index (χ0v) is 16.2. The van der Waals surface area contributed by atoms with Gasteiger partial charge in [-0.1, -0.05) is 6.07 Å². The highest BCUT2D eigenvalue weighted by Crippen LogP contribution is 2.29. The van der Waals surface area contributed by atoms with Crippen LogP contribution in [0.4, 0.5) is 23.8 Å². The predicted molar refractivity (Wildman–Crippen MR) is 104 cm³/mol. The Labute approximate surface area is 174 Å². The number of halogens is 3. The molecule has 31 heavy (non-hydrogen) atoms. The van der Waals surface area contributed by atoms with Crippen LogP contribution < -0.4 is 10.1 Å². The summed E-state index contributed by atoms with van der Waals surface area (Å²) in [5.74, 6) is -1.84. The van der Waals surface area contributed by atoms with Gasteiger partial charge in [0.15, 0.2) is 18.2 Å². The fourth-order valence-electron chi connectivity index (χ4n) is 3.45. The van der Waals surface area contributed by atoms with Gasteiger partial charge in [0.25, 0.3) is 12.3 Å². The lowest BCUT2D eigenvalue weighted by Gasteiger charge is -2.31. The molecule has 164 valence electrons. The van der Waals surface area contributed by atoms with Crippen molar-refractivity contribution < 1.29 is 27.8 Å². The number of hydrogen-bond donors (Lipinski definition) is 2. The van der Waals surface area contributed by atoms with E-state index in [0.717, 1.165) is 0 Å². The number of hydrogen-bond acceptors (Lipinski definition) is 6. The standard InChI is InChI=1S/C19H19F3N6O3/c20-14(21)10-31-18-15(22)17(24-11-4-3-6-27(9-11)19(29)30)25-16(26-18)12-8-23-28-7-2-1-5-13(12)28/h1-2,5,7-8,11,14H,3-4,6,9-10H2,(H,29,30)(H,24,25,26)/t11-/m1/s1. The van der Waals surface area contributed by atoms with Gasteiger partial charge >= 0.3 is 6.09 Å². The third kappa shape index (κ3) is 4.47. The number of pyridine rings is 1. The lowest BCUT2D eigenvalue weighted by atomic mass is 10.1. The van der Waals surface area contributed by atoms with Gasteiger partial charge in [-0.15, -0.1) is 0 Å². The van der Waals surface area contributed by atoms with Gasteiger partial charge in [0.1, 0.15) is 0 Å².